The number of H-pyrrole nitrogens is 1. The fraction of sp³-hybridized carbons (Fsp3) is 0.474. The molecule has 2 aromatic rings. The van der Waals surface area contributed by atoms with Crippen LogP contribution in [0.4, 0.5) is 4.39 Å². The third kappa shape index (κ3) is 2.86. The maximum absolute atomic E-state index is 13.4. The Bertz CT molecular complexity index is 880. The van der Waals surface area contributed by atoms with E-state index in [0.717, 1.165) is 25.0 Å². The molecule has 138 valence electrons. The lowest BCUT2D eigenvalue weighted by atomic mass is 9.81. The SMILES string of the molecule is CC(=O)N[C@@]12CN(C)CC[C@@H]1CN(C(=O)c1cc3cc(F)ccc3[nH]1)C2. The van der Waals surface area contributed by atoms with Gasteiger partial charge in [-0.25, -0.2) is 4.39 Å². The predicted molar refractivity (Wildman–Crippen MR) is 96.3 cm³/mol. The van der Waals surface area contributed by atoms with Crippen LogP contribution < -0.4 is 5.32 Å². The van der Waals surface area contributed by atoms with Gasteiger partial charge in [0.1, 0.15) is 11.5 Å². The molecule has 2 atom stereocenters. The third-order valence-electron chi connectivity index (χ3n) is 5.63. The molecule has 26 heavy (non-hydrogen) atoms. The topological polar surface area (TPSA) is 68.4 Å². The number of carbonyl (C=O) groups excluding carboxylic acids is 2. The zero-order chi connectivity index (χ0) is 18.5. The molecule has 3 heterocycles. The van der Waals surface area contributed by atoms with E-state index < -0.39 is 5.54 Å². The van der Waals surface area contributed by atoms with Gasteiger partial charge < -0.3 is 20.1 Å². The highest BCUT2D eigenvalue weighted by Gasteiger charge is 2.51. The molecule has 0 unspecified atom stereocenters. The number of aromatic amines is 1. The lowest BCUT2D eigenvalue weighted by Crippen LogP contribution is -2.62. The molecule has 0 bridgehead atoms. The number of fused-ring (bicyclic) bond motifs is 2. The van der Waals surface area contributed by atoms with E-state index >= 15 is 0 Å². The lowest BCUT2D eigenvalue weighted by Gasteiger charge is -2.43. The van der Waals surface area contributed by atoms with Crippen molar-refractivity contribution in [2.24, 2.45) is 5.92 Å². The molecule has 2 fully saturated rings. The van der Waals surface area contributed by atoms with Gasteiger partial charge in [-0.05, 0) is 44.3 Å². The molecule has 0 spiro atoms. The van der Waals surface area contributed by atoms with Gasteiger partial charge in [-0.3, -0.25) is 9.59 Å². The molecule has 6 nitrogen and oxygen atoms in total. The van der Waals surface area contributed by atoms with Gasteiger partial charge in [-0.2, -0.15) is 0 Å². The number of hydrogen-bond donors (Lipinski definition) is 2. The van der Waals surface area contributed by atoms with Crippen molar-refractivity contribution in [1.29, 1.82) is 0 Å². The number of likely N-dealkylation sites (tertiary alicyclic amines) is 2. The first-order valence-electron chi connectivity index (χ1n) is 8.91. The van der Waals surface area contributed by atoms with Crippen molar-refractivity contribution in [1.82, 2.24) is 20.1 Å². The summed E-state index contributed by atoms with van der Waals surface area (Å²) < 4.78 is 13.4. The molecule has 1 aromatic carbocycles. The first-order valence-corrected chi connectivity index (χ1v) is 8.91. The number of halogens is 1. The maximum Gasteiger partial charge on any atom is 0.270 e. The molecule has 1 aromatic heterocycles. The van der Waals surface area contributed by atoms with E-state index in [1.54, 1.807) is 17.0 Å². The van der Waals surface area contributed by atoms with Crippen molar-refractivity contribution in [2.45, 2.75) is 18.9 Å². The highest BCUT2D eigenvalue weighted by Crippen LogP contribution is 2.35. The molecule has 2 aliphatic rings. The monoisotopic (exact) mass is 358 g/mol. The molecule has 2 aliphatic heterocycles. The summed E-state index contributed by atoms with van der Waals surface area (Å²) in [5.74, 6) is -0.257. The number of nitrogens with one attached hydrogen (secondary N) is 2. The van der Waals surface area contributed by atoms with E-state index in [0.29, 0.717) is 24.2 Å². The van der Waals surface area contributed by atoms with Crippen LogP contribution in [0.3, 0.4) is 0 Å². The summed E-state index contributed by atoms with van der Waals surface area (Å²) in [4.78, 5) is 31.9. The fourth-order valence-electron chi connectivity index (χ4n) is 4.53. The number of benzene rings is 1. The predicted octanol–water partition coefficient (Wildman–Crippen LogP) is 1.59. The summed E-state index contributed by atoms with van der Waals surface area (Å²) in [6.45, 7) is 4.33. The van der Waals surface area contributed by atoms with Crippen LogP contribution in [0, 0.1) is 11.7 Å². The van der Waals surface area contributed by atoms with E-state index in [1.807, 2.05) is 7.05 Å². The average Bonchev–Trinajstić information content (AvgIpc) is 3.13. The Morgan fingerprint density at radius 1 is 1.31 bits per heavy atom. The van der Waals surface area contributed by atoms with Crippen LogP contribution in [0.1, 0.15) is 23.8 Å². The van der Waals surface area contributed by atoms with Crippen molar-refractivity contribution in [3.63, 3.8) is 0 Å². The van der Waals surface area contributed by atoms with Gasteiger partial charge in [-0.15, -0.1) is 0 Å². The largest absolute Gasteiger partial charge is 0.351 e. The Morgan fingerprint density at radius 3 is 2.88 bits per heavy atom. The first-order chi connectivity index (χ1) is 12.4. The number of carbonyl (C=O) groups is 2. The van der Waals surface area contributed by atoms with Crippen LogP contribution >= 0.6 is 0 Å². The van der Waals surface area contributed by atoms with Crippen molar-refractivity contribution in [3.8, 4) is 0 Å². The molecule has 7 heteroatoms. The highest BCUT2D eigenvalue weighted by molar-refractivity contribution is 5.98. The van der Waals surface area contributed by atoms with Crippen molar-refractivity contribution < 1.29 is 14.0 Å². The Morgan fingerprint density at radius 2 is 2.12 bits per heavy atom. The Hall–Kier alpha value is -2.41. The lowest BCUT2D eigenvalue weighted by molar-refractivity contribution is -0.121. The van der Waals surface area contributed by atoms with Crippen LogP contribution in [-0.2, 0) is 4.79 Å². The third-order valence-corrected chi connectivity index (χ3v) is 5.63. The van der Waals surface area contributed by atoms with Gasteiger partial charge in [0, 0.05) is 43.4 Å². The van der Waals surface area contributed by atoms with Crippen LogP contribution in [0.15, 0.2) is 24.3 Å². The molecule has 0 saturated carbocycles. The second kappa shape index (κ2) is 6.09. The number of piperidine rings is 1. The average molecular weight is 358 g/mol. The molecule has 0 aliphatic carbocycles. The molecule has 0 radical (unpaired) electrons. The summed E-state index contributed by atoms with van der Waals surface area (Å²) in [6, 6.07) is 6.12. The first kappa shape index (κ1) is 17.0. The van der Waals surface area contributed by atoms with Gasteiger partial charge in [0.2, 0.25) is 5.91 Å². The van der Waals surface area contributed by atoms with Gasteiger partial charge in [0.25, 0.3) is 5.91 Å². The second-order valence-electron chi connectivity index (χ2n) is 7.66. The van der Waals surface area contributed by atoms with Crippen molar-refractivity contribution in [2.75, 3.05) is 33.2 Å². The molecule has 4 rings (SSSR count). The van der Waals surface area contributed by atoms with E-state index in [9.17, 15) is 14.0 Å². The van der Waals surface area contributed by atoms with Crippen LogP contribution in [0.5, 0.6) is 0 Å². The van der Waals surface area contributed by atoms with Crippen molar-refractivity contribution >= 4 is 22.7 Å². The normalized spacial score (nSPS) is 26.1. The zero-order valence-electron chi connectivity index (χ0n) is 15.0. The second-order valence-corrected chi connectivity index (χ2v) is 7.66. The Balaban J connectivity index is 1.61. The number of hydrogen-bond acceptors (Lipinski definition) is 3. The standard InChI is InChI=1S/C19H23FN4O2/c1-12(25)22-19-10-23(2)6-5-14(19)9-24(11-19)18(26)17-8-13-7-15(20)3-4-16(13)21-17/h3-4,7-8,14,21H,5-6,9-11H2,1-2H3,(H,22,25)/t14-,19-/m1/s1. The summed E-state index contributed by atoms with van der Waals surface area (Å²) in [5.41, 5.74) is 0.797. The minimum absolute atomic E-state index is 0.0688. The van der Waals surface area contributed by atoms with Gasteiger partial charge >= 0.3 is 0 Å². The highest BCUT2D eigenvalue weighted by atomic mass is 19.1. The molecular formula is C19H23FN4O2. The quantitative estimate of drug-likeness (QED) is 0.857. The Labute approximate surface area is 151 Å². The van der Waals surface area contributed by atoms with Crippen LogP contribution in [0.25, 0.3) is 10.9 Å². The summed E-state index contributed by atoms with van der Waals surface area (Å²) in [6.07, 6.45) is 0.943. The minimum Gasteiger partial charge on any atom is -0.351 e. The zero-order valence-corrected chi connectivity index (χ0v) is 15.0. The molecule has 2 saturated heterocycles. The smallest absolute Gasteiger partial charge is 0.270 e. The van der Waals surface area contributed by atoms with E-state index in [1.165, 1.54) is 19.1 Å². The number of nitrogens with zero attached hydrogens (tertiary/aromatic N) is 2. The summed E-state index contributed by atoms with van der Waals surface area (Å²) >= 11 is 0. The molecule has 2 amide bonds. The number of likely N-dealkylation sites (N-methyl/N-ethyl adjacent to an activating group) is 1. The minimum atomic E-state index is -0.396. The van der Waals surface area contributed by atoms with Gasteiger partial charge in [-0.1, -0.05) is 0 Å². The fourth-order valence-corrected chi connectivity index (χ4v) is 4.53. The van der Waals surface area contributed by atoms with E-state index in [2.05, 4.69) is 15.2 Å². The number of rotatable bonds is 2. The van der Waals surface area contributed by atoms with Gasteiger partial charge in [0.15, 0.2) is 0 Å². The van der Waals surface area contributed by atoms with Crippen LogP contribution in [0.2, 0.25) is 0 Å². The maximum atomic E-state index is 13.4. The van der Waals surface area contributed by atoms with Gasteiger partial charge in [0.05, 0.1) is 5.54 Å². The number of aromatic nitrogens is 1. The van der Waals surface area contributed by atoms with Crippen molar-refractivity contribution in [3.05, 3.63) is 35.8 Å². The molecule has 2 N–H and O–H groups in total. The van der Waals surface area contributed by atoms with E-state index in [-0.39, 0.29) is 23.5 Å². The Kier molecular flexibility index (Phi) is 3.99. The summed E-state index contributed by atoms with van der Waals surface area (Å²) in [5, 5.41) is 3.81. The summed E-state index contributed by atoms with van der Waals surface area (Å²) in [7, 11) is 2.04. The van der Waals surface area contributed by atoms with E-state index in [4.69, 9.17) is 0 Å². The number of amides is 2. The van der Waals surface area contributed by atoms with Crippen LogP contribution in [-0.4, -0.2) is 65.4 Å². The molecular weight excluding hydrogens is 335 g/mol.